The van der Waals surface area contributed by atoms with Crippen LogP contribution in [0.1, 0.15) is 32.4 Å². The average Bonchev–Trinajstić information content (AvgIpc) is 3.08. The van der Waals surface area contributed by atoms with E-state index in [1.165, 1.54) is 0 Å². The number of hydrogen-bond donors (Lipinski definition) is 2. The molecule has 1 aliphatic rings. The van der Waals surface area contributed by atoms with Crippen molar-refractivity contribution < 1.29 is 24.2 Å². The maximum atomic E-state index is 12.3. The van der Waals surface area contributed by atoms with Gasteiger partial charge in [0, 0.05) is 48.8 Å². The molecule has 30 heavy (non-hydrogen) atoms. The van der Waals surface area contributed by atoms with Gasteiger partial charge in [-0.1, -0.05) is 0 Å². The number of aliphatic carboxylic acids is 1. The minimum atomic E-state index is -0.968. The summed E-state index contributed by atoms with van der Waals surface area (Å²) in [7, 11) is 0. The van der Waals surface area contributed by atoms with Crippen LogP contribution in [0.25, 0.3) is 10.9 Å². The van der Waals surface area contributed by atoms with E-state index in [2.05, 4.69) is 4.98 Å². The Labute approximate surface area is 174 Å². The first-order valence-electron chi connectivity index (χ1n) is 9.75. The molecule has 9 nitrogen and oxygen atoms in total. The summed E-state index contributed by atoms with van der Waals surface area (Å²) in [6.45, 7) is 6.95. The summed E-state index contributed by atoms with van der Waals surface area (Å²) < 4.78 is 10.8. The molecule has 0 saturated carbocycles. The molecule has 2 heterocycles. The number of carboxylic acids is 1. The topological polar surface area (TPSA) is 119 Å². The van der Waals surface area contributed by atoms with Gasteiger partial charge in [0.1, 0.15) is 23.5 Å². The Kier molecular flexibility index (Phi) is 6.17. The van der Waals surface area contributed by atoms with Gasteiger partial charge in [0.05, 0.1) is 0 Å². The molecule has 1 aromatic heterocycles. The van der Waals surface area contributed by atoms with E-state index in [4.69, 9.17) is 14.7 Å². The van der Waals surface area contributed by atoms with E-state index in [1.54, 1.807) is 29.3 Å². The van der Waals surface area contributed by atoms with E-state index in [9.17, 15) is 14.7 Å². The number of aromatic nitrogens is 1. The molecule has 1 saturated heterocycles. The molecule has 3 rings (SSSR count). The lowest BCUT2D eigenvalue weighted by atomic mass is 10.0. The Balaban J connectivity index is 1.78. The molecule has 1 fully saturated rings. The molecule has 0 radical (unpaired) electrons. The maximum absolute atomic E-state index is 12.3. The number of hydrogen-bond acceptors (Lipinski definition) is 6. The molecule has 0 aliphatic carbocycles. The van der Waals surface area contributed by atoms with Crippen LogP contribution in [0.15, 0.2) is 24.4 Å². The van der Waals surface area contributed by atoms with Crippen molar-refractivity contribution in [1.82, 2.24) is 14.8 Å². The number of rotatable bonds is 5. The van der Waals surface area contributed by atoms with Gasteiger partial charge < -0.3 is 24.5 Å². The zero-order valence-electron chi connectivity index (χ0n) is 17.3. The highest BCUT2D eigenvalue weighted by Gasteiger charge is 2.34. The minimum Gasteiger partial charge on any atom is -0.480 e. The van der Waals surface area contributed by atoms with Crippen LogP contribution in [0, 0.1) is 11.3 Å². The van der Waals surface area contributed by atoms with Crippen molar-refractivity contribution >= 4 is 23.0 Å². The molecule has 9 heteroatoms. The monoisotopic (exact) mass is 414 g/mol. The van der Waals surface area contributed by atoms with E-state index < -0.39 is 17.6 Å². The second kappa shape index (κ2) is 8.63. The zero-order valence-corrected chi connectivity index (χ0v) is 17.3. The number of H-pyrrole nitrogens is 1. The number of ether oxygens (including phenoxy) is 2. The molecule has 1 aromatic carbocycles. The first-order valence-corrected chi connectivity index (χ1v) is 9.75. The third-order valence-electron chi connectivity index (χ3n) is 4.85. The van der Waals surface area contributed by atoms with Gasteiger partial charge >= 0.3 is 12.1 Å². The highest BCUT2D eigenvalue weighted by Crippen LogP contribution is 2.32. The largest absolute Gasteiger partial charge is 0.480 e. The minimum absolute atomic E-state index is 0.0831. The molecule has 1 amide bonds. The number of aromatic amines is 1. The van der Waals surface area contributed by atoms with Crippen molar-refractivity contribution in [2.75, 3.05) is 32.8 Å². The van der Waals surface area contributed by atoms with Crippen LogP contribution in [0.2, 0.25) is 0 Å². The van der Waals surface area contributed by atoms with Crippen LogP contribution < -0.4 is 4.74 Å². The van der Waals surface area contributed by atoms with Gasteiger partial charge in [-0.25, -0.2) is 4.79 Å². The maximum Gasteiger partial charge on any atom is 0.410 e. The van der Waals surface area contributed by atoms with Crippen LogP contribution in [-0.4, -0.2) is 70.3 Å². The molecule has 1 unspecified atom stereocenters. The Bertz CT molecular complexity index is 964. The number of nitriles is 1. The van der Waals surface area contributed by atoms with Crippen LogP contribution >= 0.6 is 0 Å². The van der Waals surface area contributed by atoms with Crippen LogP contribution in [-0.2, 0) is 9.53 Å². The smallest absolute Gasteiger partial charge is 0.410 e. The zero-order chi connectivity index (χ0) is 21.9. The van der Waals surface area contributed by atoms with Crippen molar-refractivity contribution in [2.45, 2.75) is 32.4 Å². The number of carboxylic acid groups (broad SMARTS) is 1. The van der Waals surface area contributed by atoms with Gasteiger partial charge in [0.25, 0.3) is 0 Å². The highest BCUT2D eigenvalue weighted by molar-refractivity contribution is 5.90. The van der Waals surface area contributed by atoms with E-state index >= 15 is 0 Å². The number of piperazine rings is 1. The number of amides is 1. The standard InChI is InChI=1S/C21H26N4O5/c1-21(2,3)30-20(28)25-9-7-24(8-10-25)18(19(26)27)16-13-23-17-5-4-14(12-15(16)17)29-11-6-22/h4-5,12-13,18,23H,7-11H2,1-3H3,(H,26,27). The Morgan fingerprint density at radius 3 is 2.57 bits per heavy atom. The lowest BCUT2D eigenvalue weighted by Gasteiger charge is -2.38. The molecule has 1 atom stereocenters. The summed E-state index contributed by atoms with van der Waals surface area (Å²) in [5, 5.41) is 19.4. The van der Waals surface area contributed by atoms with Crippen molar-refractivity contribution in [3.05, 3.63) is 30.0 Å². The summed E-state index contributed by atoms with van der Waals surface area (Å²) >= 11 is 0. The third kappa shape index (κ3) is 4.83. The average molecular weight is 414 g/mol. The summed E-state index contributed by atoms with van der Waals surface area (Å²) in [5.41, 5.74) is 0.825. The predicted octanol–water partition coefficient (Wildman–Crippen LogP) is 2.75. The Hall–Kier alpha value is -3.25. The fourth-order valence-corrected chi connectivity index (χ4v) is 3.53. The Morgan fingerprint density at radius 2 is 1.97 bits per heavy atom. The second-order valence-corrected chi connectivity index (χ2v) is 8.14. The van der Waals surface area contributed by atoms with Gasteiger partial charge in [-0.2, -0.15) is 5.26 Å². The molecular weight excluding hydrogens is 388 g/mol. The van der Waals surface area contributed by atoms with E-state index in [1.807, 2.05) is 31.7 Å². The number of carbonyl (C=O) groups is 2. The predicted molar refractivity (Wildman–Crippen MR) is 109 cm³/mol. The quantitative estimate of drug-likeness (QED) is 0.772. The Morgan fingerprint density at radius 1 is 1.27 bits per heavy atom. The number of nitrogens with zero attached hydrogens (tertiary/aromatic N) is 3. The number of benzene rings is 1. The van der Waals surface area contributed by atoms with E-state index in [0.717, 1.165) is 10.9 Å². The van der Waals surface area contributed by atoms with Crippen molar-refractivity contribution in [2.24, 2.45) is 0 Å². The number of carbonyl (C=O) groups excluding carboxylic acids is 1. The van der Waals surface area contributed by atoms with Gasteiger partial charge in [-0.3, -0.25) is 9.69 Å². The molecule has 1 aliphatic heterocycles. The fourth-order valence-electron chi connectivity index (χ4n) is 3.53. The summed E-state index contributed by atoms with van der Waals surface area (Å²) in [6, 6.07) is 6.32. The molecule has 160 valence electrons. The van der Waals surface area contributed by atoms with Crippen molar-refractivity contribution in [3.63, 3.8) is 0 Å². The summed E-state index contributed by atoms with van der Waals surface area (Å²) in [5.74, 6) is -0.464. The van der Waals surface area contributed by atoms with Crippen molar-refractivity contribution in [3.8, 4) is 11.8 Å². The van der Waals surface area contributed by atoms with E-state index in [-0.39, 0.29) is 12.7 Å². The summed E-state index contributed by atoms with van der Waals surface area (Å²) in [4.78, 5) is 31.0. The van der Waals surface area contributed by atoms with E-state index in [0.29, 0.717) is 37.5 Å². The lowest BCUT2D eigenvalue weighted by molar-refractivity contribution is -0.144. The molecular formula is C21H26N4O5. The normalized spacial score (nSPS) is 16.1. The van der Waals surface area contributed by atoms with Crippen molar-refractivity contribution in [1.29, 1.82) is 5.26 Å². The first kappa shape index (κ1) is 21.5. The summed E-state index contributed by atoms with van der Waals surface area (Å²) in [6.07, 6.45) is 1.30. The lowest BCUT2D eigenvalue weighted by Crippen LogP contribution is -2.51. The van der Waals surface area contributed by atoms with Gasteiger partial charge in [0.2, 0.25) is 0 Å². The first-order chi connectivity index (χ1) is 14.2. The third-order valence-corrected chi connectivity index (χ3v) is 4.85. The number of fused-ring (bicyclic) bond motifs is 1. The highest BCUT2D eigenvalue weighted by atomic mass is 16.6. The van der Waals surface area contributed by atoms with Crippen LogP contribution in [0.4, 0.5) is 4.79 Å². The SMILES string of the molecule is CC(C)(C)OC(=O)N1CCN(C(C(=O)O)c2c[nH]c3ccc(OCC#N)cc23)CC1. The van der Waals surface area contributed by atoms with Crippen LogP contribution in [0.3, 0.4) is 0 Å². The molecule has 2 aromatic rings. The van der Waals surface area contributed by atoms with Gasteiger partial charge in [-0.15, -0.1) is 0 Å². The fraction of sp³-hybridized carbons (Fsp3) is 0.476. The van der Waals surface area contributed by atoms with Crippen LogP contribution in [0.5, 0.6) is 5.75 Å². The number of nitrogens with one attached hydrogen (secondary N) is 1. The molecule has 2 N–H and O–H groups in total. The van der Waals surface area contributed by atoms with Gasteiger partial charge in [0.15, 0.2) is 6.61 Å². The second-order valence-electron chi connectivity index (χ2n) is 8.14. The molecule has 0 bridgehead atoms. The van der Waals surface area contributed by atoms with Gasteiger partial charge in [-0.05, 0) is 39.0 Å². The molecule has 0 spiro atoms.